The Balaban J connectivity index is 1.91. The number of esters is 1. The van der Waals surface area contributed by atoms with Crippen LogP contribution >= 0.6 is 0 Å². The molecule has 0 saturated carbocycles. The number of hydrogen-bond acceptors (Lipinski definition) is 5. The van der Waals surface area contributed by atoms with E-state index in [0.29, 0.717) is 13.0 Å². The van der Waals surface area contributed by atoms with Gasteiger partial charge in [-0.15, -0.1) is 0 Å². The SMILES string of the molecule is CC(C)(C)OC(=O)CC1CCC(CO)N(C(=O)OCc2ccccc2)C1. The molecule has 26 heavy (non-hydrogen) atoms. The van der Waals surface area contributed by atoms with Crippen LogP contribution in [-0.4, -0.2) is 46.9 Å². The summed E-state index contributed by atoms with van der Waals surface area (Å²) in [6.07, 6.45) is 1.22. The molecule has 1 heterocycles. The lowest BCUT2D eigenvalue weighted by Crippen LogP contribution is -2.49. The number of likely N-dealkylation sites (tertiary alicyclic amines) is 1. The average molecular weight is 363 g/mol. The van der Waals surface area contributed by atoms with Gasteiger partial charge in [-0.05, 0) is 45.1 Å². The van der Waals surface area contributed by atoms with E-state index in [0.717, 1.165) is 12.0 Å². The molecule has 0 aliphatic carbocycles. The molecule has 1 aliphatic rings. The maximum absolute atomic E-state index is 12.5. The van der Waals surface area contributed by atoms with Gasteiger partial charge in [-0.25, -0.2) is 4.79 Å². The number of amides is 1. The molecule has 0 spiro atoms. The number of aliphatic hydroxyl groups is 1. The Morgan fingerprint density at radius 1 is 1.19 bits per heavy atom. The van der Waals surface area contributed by atoms with Gasteiger partial charge in [-0.1, -0.05) is 30.3 Å². The minimum Gasteiger partial charge on any atom is -0.460 e. The van der Waals surface area contributed by atoms with Crippen molar-refractivity contribution in [1.82, 2.24) is 4.90 Å². The third-order valence-corrected chi connectivity index (χ3v) is 4.33. The van der Waals surface area contributed by atoms with E-state index in [4.69, 9.17) is 9.47 Å². The molecule has 1 N–H and O–H groups in total. The van der Waals surface area contributed by atoms with Gasteiger partial charge in [0.15, 0.2) is 0 Å². The molecular formula is C20H29NO5. The molecule has 0 aromatic heterocycles. The van der Waals surface area contributed by atoms with Gasteiger partial charge >= 0.3 is 12.1 Å². The molecule has 6 nitrogen and oxygen atoms in total. The van der Waals surface area contributed by atoms with Gasteiger partial charge < -0.3 is 19.5 Å². The Bertz CT molecular complexity index is 596. The quantitative estimate of drug-likeness (QED) is 0.814. The second kappa shape index (κ2) is 9.03. The zero-order valence-electron chi connectivity index (χ0n) is 15.8. The summed E-state index contributed by atoms with van der Waals surface area (Å²) in [4.78, 5) is 26.1. The highest BCUT2D eigenvalue weighted by atomic mass is 16.6. The summed E-state index contributed by atoms with van der Waals surface area (Å²) < 4.78 is 10.8. The number of piperidine rings is 1. The second-order valence-corrected chi connectivity index (χ2v) is 7.76. The number of carbonyl (C=O) groups excluding carboxylic acids is 2. The molecule has 144 valence electrons. The van der Waals surface area contributed by atoms with Gasteiger partial charge in [-0.2, -0.15) is 0 Å². The zero-order valence-corrected chi connectivity index (χ0v) is 15.8. The topological polar surface area (TPSA) is 76.1 Å². The van der Waals surface area contributed by atoms with E-state index < -0.39 is 11.7 Å². The van der Waals surface area contributed by atoms with Crippen LogP contribution in [0.4, 0.5) is 4.79 Å². The zero-order chi connectivity index (χ0) is 19.2. The van der Waals surface area contributed by atoms with Crippen molar-refractivity contribution in [1.29, 1.82) is 0 Å². The van der Waals surface area contributed by atoms with Crippen molar-refractivity contribution >= 4 is 12.1 Å². The lowest BCUT2D eigenvalue weighted by atomic mass is 9.91. The predicted molar refractivity (Wildman–Crippen MR) is 97.4 cm³/mol. The van der Waals surface area contributed by atoms with E-state index in [1.165, 1.54) is 0 Å². The van der Waals surface area contributed by atoms with Crippen LogP contribution < -0.4 is 0 Å². The maximum atomic E-state index is 12.5. The predicted octanol–water partition coefficient (Wildman–Crippen LogP) is 3.13. The van der Waals surface area contributed by atoms with E-state index in [2.05, 4.69) is 0 Å². The summed E-state index contributed by atoms with van der Waals surface area (Å²) in [5.41, 5.74) is 0.386. The molecule has 1 amide bonds. The van der Waals surface area contributed by atoms with Gasteiger partial charge in [0, 0.05) is 6.54 Å². The molecule has 2 rings (SSSR count). The van der Waals surface area contributed by atoms with E-state index in [1.54, 1.807) is 4.90 Å². The Morgan fingerprint density at radius 2 is 1.88 bits per heavy atom. The molecule has 1 aromatic rings. The lowest BCUT2D eigenvalue weighted by Gasteiger charge is -2.38. The third kappa shape index (κ3) is 6.33. The fourth-order valence-corrected chi connectivity index (χ4v) is 3.10. The van der Waals surface area contributed by atoms with Crippen molar-refractivity contribution in [3.63, 3.8) is 0 Å². The Kier molecular flexibility index (Phi) is 7.03. The molecule has 0 radical (unpaired) electrons. The van der Waals surface area contributed by atoms with E-state index >= 15 is 0 Å². The molecule has 1 aliphatic heterocycles. The van der Waals surface area contributed by atoms with Crippen molar-refractivity contribution < 1.29 is 24.2 Å². The number of hydrogen-bond donors (Lipinski definition) is 1. The number of benzene rings is 1. The minimum atomic E-state index is -0.520. The fraction of sp³-hybridized carbons (Fsp3) is 0.600. The molecule has 0 bridgehead atoms. The first kappa shape index (κ1) is 20.2. The molecule has 2 unspecified atom stereocenters. The third-order valence-electron chi connectivity index (χ3n) is 4.33. The largest absolute Gasteiger partial charge is 0.460 e. The van der Waals surface area contributed by atoms with Crippen molar-refractivity contribution in [2.45, 2.75) is 58.3 Å². The van der Waals surface area contributed by atoms with Crippen LogP contribution in [0, 0.1) is 5.92 Å². The Morgan fingerprint density at radius 3 is 2.50 bits per heavy atom. The summed E-state index contributed by atoms with van der Waals surface area (Å²) >= 11 is 0. The first-order valence-corrected chi connectivity index (χ1v) is 9.08. The van der Waals surface area contributed by atoms with Crippen LogP contribution in [0.25, 0.3) is 0 Å². The minimum absolute atomic E-state index is 0.0110. The summed E-state index contributed by atoms with van der Waals surface area (Å²) in [5.74, 6) is -0.250. The number of rotatable bonds is 5. The summed E-state index contributed by atoms with van der Waals surface area (Å²) in [6.45, 7) is 5.96. The van der Waals surface area contributed by atoms with Gasteiger partial charge in [0.05, 0.1) is 19.1 Å². The highest BCUT2D eigenvalue weighted by Gasteiger charge is 2.34. The van der Waals surface area contributed by atoms with Gasteiger partial charge in [0.2, 0.25) is 0 Å². The van der Waals surface area contributed by atoms with Crippen LogP contribution in [0.1, 0.15) is 45.6 Å². The number of aliphatic hydroxyl groups excluding tert-OH is 1. The fourth-order valence-electron chi connectivity index (χ4n) is 3.10. The van der Waals surface area contributed by atoms with E-state index in [1.807, 2.05) is 51.1 Å². The normalized spacial score (nSPS) is 20.5. The average Bonchev–Trinajstić information content (AvgIpc) is 2.58. The van der Waals surface area contributed by atoms with Gasteiger partial charge in [0.1, 0.15) is 12.2 Å². The summed E-state index contributed by atoms with van der Waals surface area (Å²) in [6, 6.07) is 9.18. The highest BCUT2D eigenvalue weighted by Crippen LogP contribution is 2.26. The molecule has 2 atom stereocenters. The monoisotopic (exact) mass is 363 g/mol. The molecule has 1 saturated heterocycles. The lowest BCUT2D eigenvalue weighted by molar-refractivity contribution is -0.156. The Hall–Kier alpha value is -2.08. The Labute approximate surface area is 155 Å². The number of nitrogens with zero attached hydrogens (tertiary/aromatic N) is 1. The van der Waals surface area contributed by atoms with Crippen LogP contribution in [0.5, 0.6) is 0 Å². The molecule has 1 aromatic carbocycles. The van der Waals surface area contributed by atoms with Crippen molar-refractivity contribution in [2.24, 2.45) is 5.92 Å². The molecule has 6 heteroatoms. The first-order valence-electron chi connectivity index (χ1n) is 9.08. The summed E-state index contributed by atoms with van der Waals surface area (Å²) in [5, 5.41) is 9.58. The van der Waals surface area contributed by atoms with Crippen molar-refractivity contribution in [3.05, 3.63) is 35.9 Å². The van der Waals surface area contributed by atoms with Gasteiger partial charge in [-0.3, -0.25) is 4.79 Å². The van der Waals surface area contributed by atoms with Crippen molar-refractivity contribution in [2.75, 3.05) is 13.2 Å². The number of ether oxygens (including phenoxy) is 2. The van der Waals surface area contributed by atoms with Crippen LogP contribution in [0.15, 0.2) is 30.3 Å². The first-order chi connectivity index (χ1) is 12.3. The van der Waals surface area contributed by atoms with Crippen LogP contribution in [0.3, 0.4) is 0 Å². The standard InChI is InChI=1S/C20H29NO5/c1-20(2,3)26-18(23)11-16-9-10-17(13-22)21(12-16)19(24)25-14-15-7-5-4-6-8-15/h4-8,16-17,22H,9-14H2,1-3H3. The van der Waals surface area contributed by atoms with Crippen molar-refractivity contribution in [3.8, 4) is 0 Å². The van der Waals surface area contributed by atoms with E-state index in [9.17, 15) is 14.7 Å². The molecule has 1 fully saturated rings. The second-order valence-electron chi connectivity index (χ2n) is 7.76. The highest BCUT2D eigenvalue weighted by molar-refractivity contribution is 5.71. The molecular weight excluding hydrogens is 334 g/mol. The smallest absolute Gasteiger partial charge is 0.410 e. The van der Waals surface area contributed by atoms with Crippen LogP contribution in [-0.2, 0) is 20.9 Å². The number of carbonyl (C=O) groups is 2. The maximum Gasteiger partial charge on any atom is 0.410 e. The van der Waals surface area contributed by atoms with Crippen LogP contribution in [0.2, 0.25) is 0 Å². The van der Waals surface area contributed by atoms with E-state index in [-0.39, 0.29) is 37.6 Å². The van der Waals surface area contributed by atoms with Gasteiger partial charge in [0.25, 0.3) is 0 Å². The summed E-state index contributed by atoms with van der Waals surface area (Å²) in [7, 11) is 0.